The van der Waals surface area contributed by atoms with Gasteiger partial charge < -0.3 is 15.2 Å². The maximum absolute atomic E-state index is 10.1. The first-order valence-corrected chi connectivity index (χ1v) is 8.27. The van der Waals surface area contributed by atoms with Crippen LogP contribution in [-0.2, 0) is 6.42 Å². The highest BCUT2D eigenvalue weighted by molar-refractivity contribution is 9.10. The molecule has 1 aliphatic rings. The molecule has 0 saturated heterocycles. The number of aliphatic hydroxyl groups is 1. The predicted octanol–water partition coefficient (Wildman–Crippen LogP) is 3.14. The van der Waals surface area contributed by atoms with Gasteiger partial charge in [0.2, 0.25) is 0 Å². The average Bonchev–Trinajstić information content (AvgIpc) is 2.82. The fraction of sp³-hybridized carbons (Fsp3) is 0.625. The Morgan fingerprint density at radius 2 is 2.15 bits per heavy atom. The molecular formula is C16H24BrNO2. The lowest BCUT2D eigenvalue weighted by Crippen LogP contribution is -2.37. The van der Waals surface area contributed by atoms with Crippen molar-refractivity contribution < 1.29 is 9.84 Å². The Hall–Kier alpha value is -0.580. The molecule has 4 heteroatoms. The van der Waals surface area contributed by atoms with E-state index in [0.29, 0.717) is 12.5 Å². The SMILES string of the molecule is CCC(CC)C(O)CNCC1Cc2cc(Br)ccc2O1. The minimum atomic E-state index is -0.261. The summed E-state index contributed by atoms with van der Waals surface area (Å²) in [4.78, 5) is 0. The molecule has 112 valence electrons. The molecular weight excluding hydrogens is 318 g/mol. The molecule has 0 saturated carbocycles. The molecule has 2 rings (SSSR count). The van der Waals surface area contributed by atoms with Crippen molar-refractivity contribution in [2.45, 2.75) is 45.3 Å². The number of hydrogen-bond acceptors (Lipinski definition) is 3. The maximum Gasteiger partial charge on any atom is 0.123 e. The molecule has 2 N–H and O–H groups in total. The van der Waals surface area contributed by atoms with E-state index in [1.165, 1.54) is 5.56 Å². The first kappa shape index (κ1) is 15.8. The largest absolute Gasteiger partial charge is 0.488 e. The highest BCUT2D eigenvalue weighted by Crippen LogP contribution is 2.30. The third kappa shape index (κ3) is 3.96. The summed E-state index contributed by atoms with van der Waals surface area (Å²) >= 11 is 3.48. The quantitative estimate of drug-likeness (QED) is 0.800. The van der Waals surface area contributed by atoms with E-state index in [1.54, 1.807) is 0 Å². The number of halogens is 1. The second kappa shape index (κ2) is 7.43. The van der Waals surface area contributed by atoms with E-state index >= 15 is 0 Å². The minimum absolute atomic E-state index is 0.174. The van der Waals surface area contributed by atoms with Crippen molar-refractivity contribution in [1.29, 1.82) is 0 Å². The lowest BCUT2D eigenvalue weighted by atomic mass is 9.96. The lowest BCUT2D eigenvalue weighted by molar-refractivity contribution is 0.0978. The van der Waals surface area contributed by atoms with E-state index in [4.69, 9.17) is 4.74 Å². The Morgan fingerprint density at radius 3 is 2.85 bits per heavy atom. The van der Waals surface area contributed by atoms with Gasteiger partial charge in [-0.05, 0) is 29.7 Å². The van der Waals surface area contributed by atoms with Crippen LogP contribution >= 0.6 is 15.9 Å². The van der Waals surface area contributed by atoms with Crippen molar-refractivity contribution in [2.24, 2.45) is 5.92 Å². The molecule has 1 aliphatic heterocycles. The number of nitrogens with one attached hydrogen (secondary N) is 1. The Bertz CT molecular complexity index is 434. The highest BCUT2D eigenvalue weighted by Gasteiger charge is 2.23. The summed E-state index contributed by atoms with van der Waals surface area (Å²) in [5, 5.41) is 13.4. The van der Waals surface area contributed by atoms with Crippen LogP contribution < -0.4 is 10.1 Å². The van der Waals surface area contributed by atoms with Gasteiger partial charge in [0.05, 0.1) is 6.10 Å². The zero-order valence-corrected chi connectivity index (χ0v) is 13.8. The zero-order chi connectivity index (χ0) is 14.5. The first-order chi connectivity index (χ1) is 9.63. The molecule has 2 unspecified atom stereocenters. The average molecular weight is 342 g/mol. The molecule has 0 spiro atoms. The van der Waals surface area contributed by atoms with Crippen LogP contribution in [0.4, 0.5) is 0 Å². The van der Waals surface area contributed by atoms with Crippen molar-refractivity contribution in [3.63, 3.8) is 0 Å². The standard InChI is InChI=1S/C16H24BrNO2/c1-3-11(4-2)15(19)10-18-9-14-8-12-7-13(17)5-6-16(12)20-14/h5-7,11,14-15,18-19H,3-4,8-10H2,1-2H3. The van der Waals surface area contributed by atoms with E-state index < -0.39 is 0 Å². The summed E-state index contributed by atoms with van der Waals surface area (Å²) in [6.07, 6.45) is 2.90. The molecule has 3 nitrogen and oxygen atoms in total. The summed E-state index contributed by atoms with van der Waals surface area (Å²) < 4.78 is 6.99. The van der Waals surface area contributed by atoms with E-state index in [2.05, 4.69) is 41.2 Å². The molecule has 0 aliphatic carbocycles. The Balaban J connectivity index is 1.75. The van der Waals surface area contributed by atoms with Gasteiger partial charge in [-0.25, -0.2) is 0 Å². The second-order valence-corrected chi connectivity index (χ2v) is 6.41. The zero-order valence-electron chi connectivity index (χ0n) is 12.2. The molecule has 20 heavy (non-hydrogen) atoms. The van der Waals surface area contributed by atoms with E-state index in [1.807, 2.05) is 12.1 Å². The van der Waals surface area contributed by atoms with Gasteiger partial charge in [0, 0.05) is 24.0 Å². The van der Waals surface area contributed by atoms with Gasteiger partial charge in [0.15, 0.2) is 0 Å². The monoisotopic (exact) mass is 341 g/mol. The van der Waals surface area contributed by atoms with Crippen LogP contribution in [-0.4, -0.2) is 30.4 Å². The molecule has 0 aromatic heterocycles. The highest BCUT2D eigenvalue weighted by atomic mass is 79.9. The van der Waals surface area contributed by atoms with Crippen molar-refractivity contribution in [2.75, 3.05) is 13.1 Å². The Labute approximate surface area is 129 Å². The number of hydrogen-bond donors (Lipinski definition) is 2. The maximum atomic E-state index is 10.1. The van der Waals surface area contributed by atoms with Gasteiger partial charge in [0.25, 0.3) is 0 Å². The molecule has 0 amide bonds. The second-order valence-electron chi connectivity index (χ2n) is 5.50. The first-order valence-electron chi connectivity index (χ1n) is 7.47. The molecule has 0 fully saturated rings. The van der Waals surface area contributed by atoms with Crippen molar-refractivity contribution >= 4 is 15.9 Å². The molecule has 0 radical (unpaired) electrons. The smallest absolute Gasteiger partial charge is 0.123 e. The number of fused-ring (bicyclic) bond motifs is 1. The third-order valence-electron chi connectivity index (χ3n) is 4.08. The lowest BCUT2D eigenvalue weighted by Gasteiger charge is -2.21. The van der Waals surface area contributed by atoms with Crippen molar-refractivity contribution in [3.8, 4) is 5.75 Å². The van der Waals surface area contributed by atoms with Gasteiger partial charge in [-0.15, -0.1) is 0 Å². The topological polar surface area (TPSA) is 41.5 Å². The van der Waals surface area contributed by atoms with Gasteiger partial charge in [-0.3, -0.25) is 0 Å². The summed E-state index contributed by atoms with van der Waals surface area (Å²) in [5.41, 5.74) is 1.26. The molecule has 1 aromatic carbocycles. The van der Waals surface area contributed by atoms with Crippen molar-refractivity contribution in [1.82, 2.24) is 5.32 Å². The summed E-state index contributed by atoms with van der Waals surface area (Å²) in [6.45, 7) is 5.69. The fourth-order valence-electron chi connectivity index (χ4n) is 2.79. The van der Waals surface area contributed by atoms with Crippen molar-refractivity contribution in [3.05, 3.63) is 28.2 Å². The van der Waals surface area contributed by atoms with E-state index in [-0.39, 0.29) is 12.2 Å². The minimum Gasteiger partial charge on any atom is -0.488 e. The third-order valence-corrected chi connectivity index (χ3v) is 4.58. The Kier molecular flexibility index (Phi) is 5.87. The molecule has 0 bridgehead atoms. The van der Waals surface area contributed by atoms with Crippen LogP contribution in [0.3, 0.4) is 0 Å². The molecule has 2 atom stereocenters. The van der Waals surface area contributed by atoms with Crippen LogP contribution in [0.1, 0.15) is 32.3 Å². The normalized spacial score (nSPS) is 18.9. The van der Waals surface area contributed by atoms with E-state index in [9.17, 15) is 5.11 Å². The predicted molar refractivity (Wildman–Crippen MR) is 85.2 cm³/mol. The van der Waals surface area contributed by atoms with Crippen LogP contribution in [0.5, 0.6) is 5.75 Å². The van der Waals surface area contributed by atoms with Gasteiger partial charge in [0.1, 0.15) is 11.9 Å². The summed E-state index contributed by atoms with van der Waals surface area (Å²) in [6, 6.07) is 6.14. The number of rotatable bonds is 7. The van der Waals surface area contributed by atoms with Crippen LogP contribution in [0.15, 0.2) is 22.7 Å². The number of ether oxygens (including phenoxy) is 1. The van der Waals surface area contributed by atoms with E-state index in [0.717, 1.165) is 36.0 Å². The van der Waals surface area contributed by atoms with Crippen LogP contribution in [0.2, 0.25) is 0 Å². The van der Waals surface area contributed by atoms with Crippen LogP contribution in [0, 0.1) is 5.92 Å². The van der Waals surface area contributed by atoms with Crippen LogP contribution in [0.25, 0.3) is 0 Å². The molecule has 1 aromatic rings. The fourth-order valence-corrected chi connectivity index (χ4v) is 3.20. The summed E-state index contributed by atoms with van der Waals surface area (Å²) in [7, 11) is 0. The number of benzene rings is 1. The van der Waals surface area contributed by atoms with Gasteiger partial charge >= 0.3 is 0 Å². The summed E-state index contributed by atoms with van der Waals surface area (Å²) in [5.74, 6) is 1.38. The van der Waals surface area contributed by atoms with Gasteiger partial charge in [-0.2, -0.15) is 0 Å². The number of aliphatic hydroxyl groups excluding tert-OH is 1. The Morgan fingerprint density at radius 1 is 1.40 bits per heavy atom. The van der Waals surface area contributed by atoms with Gasteiger partial charge in [-0.1, -0.05) is 42.6 Å². The molecule has 1 heterocycles.